The van der Waals surface area contributed by atoms with E-state index in [1.54, 1.807) is 6.92 Å². The Hall–Kier alpha value is -1.39. The van der Waals surface area contributed by atoms with Gasteiger partial charge in [0.1, 0.15) is 0 Å². The van der Waals surface area contributed by atoms with Crippen LogP contribution in [0.25, 0.3) is 0 Å². The topological polar surface area (TPSA) is 72.5 Å². The molecule has 1 atom stereocenters. The highest BCUT2D eigenvalue weighted by Gasteiger charge is 2.37. The predicted octanol–water partition coefficient (Wildman–Crippen LogP) is 2.03. The van der Waals surface area contributed by atoms with Gasteiger partial charge < -0.3 is 15.6 Å². The van der Waals surface area contributed by atoms with Gasteiger partial charge in [-0.3, -0.25) is 4.79 Å². The van der Waals surface area contributed by atoms with Gasteiger partial charge in [-0.05, 0) is 30.9 Å². The van der Waals surface area contributed by atoms with Crippen LogP contribution in [0.1, 0.15) is 37.8 Å². The minimum atomic E-state index is -0.647. The van der Waals surface area contributed by atoms with Crippen LogP contribution in [-0.4, -0.2) is 24.2 Å². The Morgan fingerprint density at radius 3 is 2.30 bits per heavy atom. The summed E-state index contributed by atoms with van der Waals surface area (Å²) in [5.41, 5.74) is 7.14. The monoisotopic (exact) mass is 279 g/mol. The molecule has 0 radical (unpaired) electrons. The van der Waals surface area contributed by atoms with Crippen LogP contribution in [-0.2, 0) is 22.6 Å². The summed E-state index contributed by atoms with van der Waals surface area (Å²) in [4.78, 5) is 12.3. The van der Waals surface area contributed by atoms with E-state index in [-0.39, 0.29) is 19.1 Å². The van der Waals surface area contributed by atoms with E-state index in [4.69, 9.17) is 15.6 Å². The first-order valence-electron chi connectivity index (χ1n) is 7.17. The van der Waals surface area contributed by atoms with Gasteiger partial charge in [-0.15, -0.1) is 0 Å². The van der Waals surface area contributed by atoms with E-state index in [2.05, 4.69) is 0 Å². The fraction of sp³-hybridized carbons (Fsp3) is 0.562. The molecule has 4 heteroatoms. The van der Waals surface area contributed by atoms with Crippen molar-refractivity contribution in [2.75, 3.05) is 13.2 Å². The number of aliphatic hydroxyl groups excluding tert-OH is 1. The zero-order valence-corrected chi connectivity index (χ0v) is 12.4. The van der Waals surface area contributed by atoms with Gasteiger partial charge >= 0.3 is 5.97 Å². The minimum Gasteiger partial charge on any atom is -0.466 e. The highest BCUT2D eigenvalue weighted by Crippen LogP contribution is 2.29. The highest BCUT2D eigenvalue weighted by atomic mass is 16.5. The Morgan fingerprint density at radius 1 is 1.25 bits per heavy atom. The van der Waals surface area contributed by atoms with Crippen molar-refractivity contribution in [3.63, 3.8) is 0 Å². The highest BCUT2D eigenvalue weighted by molar-refractivity contribution is 5.77. The van der Waals surface area contributed by atoms with Crippen molar-refractivity contribution in [3.8, 4) is 0 Å². The minimum absolute atomic E-state index is 0.0230. The second-order valence-corrected chi connectivity index (χ2v) is 5.11. The zero-order valence-electron chi connectivity index (χ0n) is 12.4. The molecule has 1 aromatic carbocycles. The zero-order chi connectivity index (χ0) is 15.0. The molecule has 112 valence electrons. The molecule has 3 N–H and O–H groups in total. The number of hydrogen-bond acceptors (Lipinski definition) is 4. The lowest BCUT2D eigenvalue weighted by Crippen LogP contribution is -2.42. The first-order valence-corrected chi connectivity index (χ1v) is 7.17. The molecule has 1 unspecified atom stereocenters. The van der Waals surface area contributed by atoms with Crippen LogP contribution >= 0.6 is 0 Å². The lowest BCUT2D eigenvalue weighted by Gasteiger charge is -2.30. The van der Waals surface area contributed by atoms with Crippen molar-refractivity contribution < 1.29 is 14.6 Å². The van der Waals surface area contributed by atoms with Gasteiger partial charge in [-0.25, -0.2) is 0 Å². The quantitative estimate of drug-likeness (QED) is 0.714. The van der Waals surface area contributed by atoms with Crippen LogP contribution in [0.15, 0.2) is 24.3 Å². The molecule has 0 aromatic heterocycles. The second-order valence-electron chi connectivity index (χ2n) is 5.11. The normalized spacial score (nSPS) is 13.8. The van der Waals surface area contributed by atoms with E-state index >= 15 is 0 Å². The smallest absolute Gasteiger partial charge is 0.313 e. The van der Waals surface area contributed by atoms with Crippen molar-refractivity contribution in [2.45, 2.75) is 39.7 Å². The van der Waals surface area contributed by atoms with Gasteiger partial charge in [0.2, 0.25) is 0 Å². The number of aliphatic hydroxyl groups is 1. The van der Waals surface area contributed by atoms with Crippen molar-refractivity contribution in [1.82, 2.24) is 0 Å². The van der Waals surface area contributed by atoms with Gasteiger partial charge in [0.15, 0.2) is 0 Å². The molecule has 1 aromatic rings. The van der Waals surface area contributed by atoms with E-state index in [1.165, 1.54) is 0 Å². The van der Waals surface area contributed by atoms with Crippen LogP contribution in [0.2, 0.25) is 0 Å². The van der Waals surface area contributed by atoms with E-state index in [0.29, 0.717) is 19.4 Å². The molecule has 0 fully saturated rings. The summed E-state index contributed by atoms with van der Waals surface area (Å²) in [6, 6.07) is 7.61. The van der Waals surface area contributed by atoms with Crippen molar-refractivity contribution in [3.05, 3.63) is 35.4 Å². The maximum Gasteiger partial charge on any atom is 0.313 e. The average molecular weight is 279 g/mol. The summed E-state index contributed by atoms with van der Waals surface area (Å²) in [7, 11) is 0. The van der Waals surface area contributed by atoms with Crippen molar-refractivity contribution in [1.29, 1.82) is 0 Å². The molecule has 0 amide bonds. The lowest BCUT2D eigenvalue weighted by molar-refractivity contribution is -0.155. The number of esters is 1. The number of hydrogen-bond donors (Lipinski definition) is 2. The van der Waals surface area contributed by atoms with Gasteiger partial charge in [0.05, 0.1) is 18.6 Å². The molecule has 0 spiro atoms. The Bertz CT molecular complexity index is 416. The molecule has 0 aliphatic heterocycles. The molecule has 20 heavy (non-hydrogen) atoms. The Balaban J connectivity index is 2.94. The fourth-order valence-electron chi connectivity index (χ4n) is 2.44. The average Bonchev–Trinajstić information content (AvgIpc) is 2.47. The first kappa shape index (κ1) is 16.7. The van der Waals surface area contributed by atoms with Gasteiger partial charge in [0.25, 0.3) is 0 Å². The van der Waals surface area contributed by atoms with Crippen LogP contribution in [0.5, 0.6) is 0 Å². The van der Waals surface area contributed by atoms with Crippen LogP contribution in [0.3, 0.4) is 0 Å². The molecule has 0 aliphatic rings. The molecule has 0 aliphatic carbocycles. The number of carbonyl (C=O) groups excluding carboxylic acids is 1. The molecule has 0 saturated carbocycles. The Labute approximate surface area is 120 Å². The SMILES string of the molecule is CCCC(CN)(Cc1ccc(CO)cc1)C(=O)OCC. The summed E-state index contributed by atoms with van der Waals surface area (Å²) in [5.74, 6) is -0.212. The van der Waals surface area contributed by atoms with E-state index < -0.39 is 5.41 Å². The molecule has 1 rings (SSSR count). The number of ether oxygens (including phenoxy) is 1. The van der Waals surface area contributed by atoms with Gasteiger partial charge in [-0.1, -0.05) is 37.6 Å². The summed E-state index contributed by atoms with van der Waals surface area (Å²) in [6.07, 6.45) is 2.16. The van der Waals surface area contributed by atoms with Crippen LogP contribution in [0, 0.1) is 5.41 Å². The Kier molecular flexibility index (Phi) is 6.68. The molecule has 0 saturated heterocycles. The van der Waals surface area contributed by atoms with Crippen LogP contribution in [0.4, 0.5) is 0 Å². The lowest BCUT2D eigenvalue weighted by atomic mass is 9.77. The van der Waals surface area contributed by atoms with E-state index in [0.717, 1.165) is 17.5 Å². The van der Waals surface area contributed by atoms with Gasteiger partial charge in [0, 0.05) is 6.54 Å². The Morgan fingerprint density at radius 2 is 1.85 bits per heavy atom. The van der Waals surface area contributed by atoms with Crippen molar-refractivity contribution in [2.24, 2.45) is 11.1 Å². The second kappa shape index (κ2) is 8.02. The third-order valence-corrected chi connectivity index (χ3v) is 3.58. The maximum absolute atomic E-state index is 12.3. The number of nitrogens with two attached hydrogens (primary N) is 1. The number of benzene rings is 1. The predicted molar refractivity (Wildman–Crippen MR) is 79.1 cm³/mol. The third kappa shape index (κ3) is 4.05. The third-order valence-electron chi connectivity index (χ3n) is 3.58. The number of rotatable bonds is 8. The summed E-state index contributed by atoms with van der Waals surface area (Å²) >= 11 is 0. The molecule has 4 nitrogen and oxygen atoms in total. The summed E-state index contributed by atoms with van der Waals surface area (Å²) in [5, 5.41) is 9.06. The fourth-order valence-corrected chi connectivity index (χ4v) is 2.44. The first-order chi connectivity index (χ1) is 9.61. The van der Waals surface area contributed by atoms with E-state index in [1.807, 2.05) is 31.2 Å². The summed E-state index contributed by atoms with van der Waals surface area (Å²) < 4.78 is 5.21. The molecular weight excluding hydrogens is 254 g/mol. The largest absolute Gasteiger partial charge is 0.466 e. The molecular formula is C16H25NO3. The van der Waals surface area contributed by atoms with Gasteiger partial charge in [-0.2, -0.15) is 0 Å². The molecule has 0 bridgehead atoms. The van der Waals surface area contributed by atoms with Crippen LogP contribution < -0.4 is 5.73 Å². The molecule has 0 heterocycles. The maximum atomic E-state index is 12.3. The van der Waals surface area contributed by atoms with Crippen molar-refractivity contribution >= 4 is 5.97 Å². The standard InChI is InChI=1S/C16H25NO3/c1-3-9-16(12-17,15(19)20-4-2)10-13-5-7-14(11-18)8-6-13/h5-8,18H,3-4,9-12,17H2,1-2H3. The van der Waals surface area contributed by atoms with E-state index in [9.17, 15) is 4.79 Å². The summed E-state index contributed by atoms with van der Waals surface area (Å²) in [6.45, 7) is 4.52. The number of carbonyl (C=O) groups is 1.